The lowest BCUT2D eigenvalue weighted by atomic mass is 10.2. The van der Waals surface area contributed by atoms with Crippen LogP contribution < -0.4 is 5.32 Å². The van der Waals surface area contributed by atoms with Crippen molar-refractivity contribution in [3.05, 3.63) is 60.2 Å². The number of hydrogen-bond donors (Lipinski definition) is 2. The van der Waals surface area contributed by atoms with Gasteiger partial charge in [0.05, 0.1) is 5.39 Å². The molecule has 0 aliphatic carbocycles. The predicted octanol–water partition coefficient (Wildman–Crippen LogP) is 4.20. The smallest absolute Gasteiger partial charge is 0.164 e. The number of benzene rings is 1. The quantitative estimate of drug-likeness (QED) is 0.592. The van der Waals surface area contributed by atoms with E-state index in [1.807, 2.05) is 29.6 Å². The summed E-state index contributed by atoms with van der Waals surface area (Å²) >= 11 is 1.56. The van der Waals surface area contributed by atoms with E-state index in [0.29, 0.717) is 11.6 Å². The van der Waals surface area contributed by atoms with Gasteiger partial charge in [0.15, 0.2) is 5.82 Å². The summed E-state index contributed by atoms with van der Waals surface area (Å²) in [6.45, 7) is 0. The van der Waals surface area contributed by atoms with E-state index in [1.54, 1.807) is 41.9 Å². The van der Waals surface area contributed by atoms with E-state index in [-0.39, 0.29) is 5.75 Å². The molecule has 0 unspecified atom stereocenters. The van der Waals surface area contributed by atoms with Gasteiger partial charge in [0.1, 0.15) is 16.4 Å². The van der Waals surface area contributed by atoms with Crippen molar-refractivity contribution in [1.82, 2.24) is 15.0 Å². The van der Waals surface area contributed by atoms with Gasteiger partial charge >= 0.3 is 0 Å². The molecule has 0 bridgehead atoms. The largest absolute Gasteiger partial charge is 0.508 e. The van der Waals surface area contributed by atoms with Crippen molar-refractivity contribution >= 4 is 33.1 Å². The first-order valence-electron chi connectivity index (χ1n) is 7.01. The minimum Gasteiger partial charge on any atom is -0.508 e. The highest BCUT2D eigenvalue weighted by Crippen LogP contribution is 2.30. The van der Waals surface area contributed by atoms with Gasteiger partial charge < -0.3 is 10.4 Å². The van der Waals surface area contributed by atoms with Crippen molar-refractivity contribution in [1.29, 1.82) is 0 Å². The number of thiophene rings is 1. The van der Waals surface area contributed by atoms with Crippen molar-refractivity contribution < 1.29 is 5.11 Å². The molecule has 1 aromatic carbocycles. The van der Waals surface area contributed by atoms with Crippen molar-refractivity contribution in [3.8, 4) is 17.1 Å². The Labute approximate surface area is 136 Å². The van der Waals surface area contributed by atoms with Crippen molar-refractivity contribution in [2.45, 2.75) is 0 Å². The molecule has 0 saturated carbocycles. The molecule has 4 aromatic rings. The molecular formula is C17H12N4OS. The summed E-state index contributed by atoms with van der Waals surface area (Å²) in [5, 5.41) is 15.8. The first kappa shape index (κ1) is 13.7. The highest BCUT2D eigenvalue weighted by molar-refractivity contribution is 7.16. The zero-order valence-electron chi connectivity index (χ0n) is 12.0. The number of aromatic nitrogens is 3. The maximum atomic E-state index is 9.62. The van der Waals surface area contributed by atoms with Gasteiger partial charge in [0.2, 0.25) is 0 Å². The van der Waals surface area contributed by atoms with Crippen molar-refractivity contribution in [2.75, 3.05) is 5.32 Å². The van der Waals surface area contributed by atoms with Gasteiger partial charge in [-0.25, -0.2) is 9.97 Å². The van der Waals surface area contributed by atoms with Gasteiger partial charge in [-0.1, -0.05) is 6.07 Å². The fourth-order valence-electron chi connectivity index (χ4n) is 2.30. The molecule has 23 heavy (non-hydrogen) atoms. The van der Waals surface area contributed by atoms with Gasteiger partial charge in [-0.2, -0.15) is 0 Å². The molecule has 0 saturated heterocycles. The zero-order chi connectivity index (χ0) is 15.6. The van der Waals surface area contributed by atoms with Gasteiger partial charge in [0.25, 0.3) is 0 Å². The summed E-state index contributed by atoms with van der Waals surface area (Å²) in [6.07, 6.45) is 3.46. The molecule has 0 atom stereocenters. The number of aromatic hydroxyl groups is 1. The Morgan fingerprint density at radius 2 is 2.00 bits per heavy atom. The Balaban J connectivity index is 1.83. The van der Waals surface area contributed by atoms with Crippen LogP contribution in [0.2, 0.25) is 0 Å². The molecule has 112 valence electrons. The molecule has 2 N–H and O–H groups in total. The maximum absolute atomic E-state index is 9.62. The fraction of sp³-hybridized carbons (Fsp3) is 0. The Hall–Kier alpha value is -2.99. The molecule has 0 radical (unpaired) electrons. The number of hydrogen-bond acceptors (Lipinski definition) is 6. The molecule has 0 spiro atoms. The number of pyridine rings is 1. The number of rotatable bonds is 3. The molecule has 0 amide bonds. The molecule has 3 aromatic heterocycles. The topological polar surface area (TPSA) is 70.9 Å². The Morgan fingerprint density at radius 3 is 2.83 bits per heavy atom. The van der Waals surface area contributed by atoms with E-state index >= 15 is 0 Å². The van der Waals surface area contributed by atoms with Crippen molar-refractivity contribution in [2.24, 2.45) is 0 Å². The number of phenols is 1. The number of phenolic OH excluding ortho intramolecular Hbond substituents is 1. The molecule has 5 nitrogen and oxygen atoms in total. The summed E-state index contributed by atoms with van der Waals surface area (Å²) in [6, 6.07) is 12.7. The summed E-state index contributed by atoms with van der Waals surface area (Å²) in [5.74, 6) is 1.54. The number of nitrogens with one attached hydrogen (secondary N) is 1. The Bertz CT molecular complexity index is 969. The van der Waals surface area contributed by atoms with Crippen LogP contribution in [0.15, 0.2) is 60.2 Å². The Kier molecular flexibility index (Phi) is 3.36. The fourth-order valence-corrected chi connectivity index (χ4v) is 3.06. The van der Waals surface area contributed by atoms with E-state index in [4.69, 9.17) is 0 Å². The summed E-state index contributed by atoms with van der Waals surface area (Å²) in [7, 11) is 0. The van der Waals surface area contributed by atoms with Crippen LogP contribution in [0.5, 0.6) is 5.75 Å². The van der Waals surface area contributed by atoms with E-state index < -0.39 is 0 Å². The number of fused-ring (bicyclic) bond motifs is 1. The molecule has 3 heterocycles. The highest BCUT2D eigenvalue weighted by atomic mass is 32.1. The molecular weight excluding hydrogens is 308 g/mol. The van der Waals surface area contributed by atoms with Crippen LogP contribution in [-0.4, -0.2) is 20.1 Å². The summed E-state index contributed by atoms with van der Waals surface area (Å²) < 4.78 is 0. The molecule has 0 aliphatic heterocycles. The summed E-state index contributed by atoms with van der Waals surface area (Å²) in [4.78, 5) is 14.3. The van der Waals surface area contributed by atoms with Gasteiger partial charge in [-0.3, -0.25) is 4.98 Å². The predicted molar refractivity (Wildman–Crippen MR) is 92.0 cm³/mol. The standard InChI is InChI=1S/C17H12N4OS/c22-13-5-1-4-12(9-13)19-16-14-6-8-23-17(14)21-15(20-16)11-3-2-7-18-10-11/h1-10,22H,(H,19,20,21). The van der Waals surface area contributed by atoms with Crippen LogP contribution in [0, 0.1) is 0 Å². The second-order valence-corrected chi connectivity index (χ2v) is 5.85. The van der Waals surface area contributed by atoms with Crippen LogP contribution in [0.4, 0.5) is 11.5 Å². The third kappa shape index (κ3) is 2.72. The lowest BCUT2D eigenvalue weighted by molar-refractivity contribution is 0.475. The summed E-state index contributed by atoms with van der Waals surface area (Å²) in [5.41, 5.74) is 1.63. The lowest BCUT2D eigenvalue weighted by Crippen LogP contribution is -1.98. The van der Waals surface area contributed by atoms with E-state index in [9.17, 15) is 5.11 Å². The van der Waals surface area contributed by atoms with E-state index in [2.05, 4.69) is 20.3 Å². The van der Waals surface area contributed by atoms with E-state index in [1.165, 1.54) is 0 Å². The molecule has 0 aliphatic rings. The maximum Gasteiger partial charge on any atom is 0.164 e. The third-order valence-corrected chi connectivity index (χ3v) is 4.16. The van der Waals surface area contributed by atoms with Crippen LogP contribution in [-0.2, 0) is 0 Å². The monoisotopic (exact) mass is 320 g/mol. The third-order valence-electron chi connectivity index (χ3n) is 3.35. The normalized spacial score (nSPS) is 10.8. The molecule has 0 fully saturated rings. The van der Waals surface area contributed by atoms with Crippen molar-refractivity contribution in [3.63, 3.8) is 0 Å². The highest BCUT2D eigenvalue weighted by Gasteiger charge is 2.11. The minimum absolute atomic E-state index is 0.207. The van der Waals surface area contributed by atoms with Crippen LogP contribution in [0.1, 0.15) is 0 Å². The average Bonchev–Trinajstić information content (AvgIpc) is 3.04. The Morgan fingerprint density at radius 1 is 1.04 bits per heavy atom. The average molecular weight is 320 g/mol. The number of anilines is 2. The molecule has 6 heteroatoms. The van der Waals surface area contributed by atoms with Crippen LogP contribution in [0.25, 0.3) is 21.6 Å². The second kappa shape index (κ2) is 5.66. The van der Waals surface area contributed by atoms with E-state index in [0.717, 1.165) is 21.5 Å². The first-order chi connectivity index (χ1) is 11.3. The zero-order valence-corrected chi connectivity index (χ0v) is 12.8. The van der Waals surface area contributed by atoms with Gasteiger partial charge in [-0.05, 0) is 35.7 Å². The first-order valence-corrected chi connectivity index (χ1v) is 7.89. The second-order valence-electron chi connectivity index (χ2n) is 4.95. The van der Waals surface area contributed by atoms with Crippen LogP contribution >= 0.6 is 11.3 Å². The SMILES string of the molecule is Oc1cccc(Nc2nc(-c3cccnc3)nc3sccc23)c1. The minimum atomic E-state index is 0.207. The van der Waals surface area contributed by atoms with Gasteiger partial charge in [-0.15, -0.1) is 11.3 Å². The molecule has 4 rings (SSSR count). The van der Waals surface area contributed by atoms with Crippen LogP contribution in [0.3, 0.4) is 0 Å². The lowest BCUT2D eigenvalue weighted by Gasteiger charge is -2.09. The van der Waals surface area contributed by atoms with Gasteiger partial charge in [0, 0.05) is 29.7 Å². The number of nitrogens with zero attached hydrogens (tertiary/aromatic N) is 3.